The van der Waals surface area contributed by atoms with Crippen molar-refractivity contribution in [3.05, 3.63) is 57.8 Å². The first kappa shape index (κ1) is 11.1. The zero-order chi connectivity index (χ0) is 11.4. The van der Waals surface area contributed by atoms with Crippen molar-refractivity contribution in [1.29, 1.82) is 0 Å². The van der Waals surface area contributed by atoms with Gasteiger partial charge >= 0.3 is 0 Å². The summed E-state index contributed by atoms with van der Waals surface area (Å²) in [5, 5.41) is 2.73. The molecule has 2 rings (SSSR count). The van der Waals surface area contributed by atoms with Gasteiger partial charge in [-0.25, -0.2) is 4.98 Å². The van der Waals surface area contributed by atoms with Crippen molar-refractivity contribution in [3.8, 4) is 0 Å². The second-order valence-corrected chi connectivity index (χ2v) is 4.43. The van der Waals surface area contributed by atoms with E-state index < -0.39 is 0 Å². The molecule has 0 unspecified atom stereocenters. The third-order valence-corrected chi connectivity index (χ3v) is 2.66. The van der Waals surface area contributed by atoms with Crippen LogP contribution in [-0.2, 0) is 0 Å². The molecule has 0 aliphatic carbocycles. The van der Waals surface area contributed by atoms with Crippen molar-refractivity contribution in [2.75, 3.05) is 5.32 Å². The van der Waals surface area contributed by atoms with E-state index in [1.165, 1.54) is 0 Å². The molecular weight excluding hydrogens is 315 g/mol. The maximum absolute atomic E-state index is 11.8. The highest BCUT2D eigenvalue weighted by Crippen LogP contribution is 2.10. The normalized spacial score (nSPS) is 9.81. The van der Waals surface area contributed by atoms with Crippen molar-refractivity contribution in [1.82, 2.24) is 4.98 Å². The van der Waals surface area contributed by atoms with Crippen LogP contribution in [0.3, 0.4) is 0 Å². The van der Waals surface area contributed by atoms with Gasteiger partial charge in [-0.15, -0.1) is 0 Å². The summed E-state index contributed by atoms with van der Waals surface area (Å²) in [5.41, 5.74) is 0.637. The number of hydrogen-bond donors (Lipinski definition) is 1. The molecule has 80 valence electrons. The van der Waals surface area contributed by atoms with E-state index in [0.29, 0.717) is 11.4 Å². The molecule has 1 amide bonds. The lowest BCUT2D eigenvalue weighted by atomic mass is 10.2. The van der Waals surface area contributed by atoms with Gasteiger partial charge in [0.1, 0.15) is 5.82 Å². The summed E-state index contributed by atoms with van der Waals surface area (Å²) < 4.78 is 1.03. The number of anilines is 1. The molecule has 0 fully saturated rings. The molecule has 0 saturated carbocycles. The Hall–Kier alpha value is -1.43. The standard InChI is InChI=1S/C12H9IN2O/c13-10-5-3-4-9(8-10)12(16)15-11-6-1-2-7-14-11/h1-8H,(H,14,15,16). The molecule has 1 heterocycles. The van der Waals surface area contributed by atoms with E-state index in [1.807, 2.05) is 24.3 Å². The predicted molar refractivity (Wildman–Crippen MR) is 71.3 cm³/mol. The van der Waals surface area contributed by atoms with Crippen LogP contribution < -0.4 is 5.32 Å². The minimum absolute atomic E-state index is 0.141. The number of pyridine rings is 1. The number of amides is 1. The Balaban J connectivity index is 2.15. The van der Waals surface area contributed by atoms with Crippen LogP contribution in [0.2, 0.25) is 0 Å². The number of rotatable bonds is 2. The molecule has 0 aliphatic rings. The fourth-order valence-corrected chi connectivity index (χ4v) is 1.80. The second kappa shape index (κ2) is 5.07. The zero-order valence-electron chi connectivity index (χ0n) is 8.35. The molecule has 0 bridgehead atoms. The van der Waals surface area contributed by atoms with E-state index in [0.717, 1.165) is 3.57 Å². The summed E-state index contributed by atoms with van der Waals surface area (Å²) in [6.07, 6.45) is 1.64. The minimum atomic E-state index is -0.141. The zero-order valence-corrected chi connectivity index (χ0v) is 10.5. The van der Waals surface area contributed by atoms with Crippen molar-refractivity contribution < 1.29 is 4.79 Å². The molecule has 4 heteroatoms. The molecule has 1 aromatic heterocycles. The molecule has 16 heavy (non-hydrogen) atoms. The van der Waals surface area contributed by atoms with Crippen LogP contribution in [0, 0.1) is 3.57 Å². The van der Waals surface area contributed by atoms with E-state index in [-0.39, 0.29) is 5.91 Å². The van der Waals surface area contributed by atoms with E-state index in [4.69, 9.17) is 0 Å². The Morgan fingerprint density at radius 2 is 2.06 bits per heavy atom. The number of carbonyl (C=O) groups is 1. The van der Waals surface area contributed by atoms with Crippen molar-refractivity contribution in [3.63, 3.8) is 0 Å². The van der Waals surface area contributed by atoms with Crippen LogP contribution >= 0.6 is 22.6 Å². The Labute approximate surface area is 107 Å². The fraction of sp³-hybridized carbons (Fsp3) is 0. The Morgan fingerprint density at radius 1 is 1.19 bits per heavy atom. The first-order chi connectivity index (χ1) is 7.75. The summed E-state index contributed by atoms with van der Waals surface area (Å²) in [6.45, 7) is 0. The van der Waals surface area contributed by atoms with Crippen molar-refractivity contribution >= 4 is 34.3 Å². The molecule has 0 saturated heterocycles. The molecule has 0 aliphatic heterocycles. The maximum Gasteiger partial charge on any atom is 0.256 e. The number of halogens is 1. The van der Waals surface area contributed by atoms with Gasteiger partial charge < -0.3 is 5.32 Å². The lowest BCUT2D eigenvalue weighted by Crippen LogP contribution is -2.12. The molecule has 0 atom stereocenters. The average molecular weight is 324 g/mol. The molecule has 1 aromatic carbocycles. The van der Waals surface area contributed by atoms with Crippen LogP contribution in [0.1, 0.15) is 10.4 Å². The Kier molecular flexibility index (Phi) is 3.51. The number of aromatic nitrogens is 1. The van der Waals surface area contributed by atoms with E-state index >= 15 is 0 Å². The third-order valence-electron chi connectivity index (χ3n) is 1.99. The third kappa shape index (κ3) is 2.79. The van der Waals surface area contributed by atoms with Gasteiger partial charge in [-0.3, -0.25) is 4.79 Å². The molecule has 3 nitrogen and oxygen atoms in total. The average Bonchev–Trinajstić information content (AvgIpc) is 2.30. The quantitative estimate of drug-likeness (QED) is 0.863. The lowest BCUT2D eigenvalue weighted by molar-refractivity contribution is 0.102. The number of benzene rings is 1. The number of nitrogens with zero attached hydrogens (tertiary/aromatic N) is 1. The van der Waals surface area contributed by atoms with Gasteiger partial charge in [0.15, 0.2) is 0 Å². The Bertz CT molecular complexity index is 499. The molecular formula is C12H9IN2O. The monoisotopic (exact) mass is 324 g/mol. The fourth-order valence-electron chi connectivity index (χ4n) is 1.25. The topological polar surface area (TPSA) is 42.0 Å². The van der Waals surface area contributed by atoms with Crippen LogP contribution in [0.5, 0.6) is 0 Å². The first-order valence-electron chi connectivity index (χ1n) is 4.73. The van der Waals surface area contributed by atoms with Crippen molar-refractivity contribution in [2.24, 2.45) is 0 Å². The summed E-state index contributed by atoms with van der Waals surface area (Å²) in [7, 11) is 0. The minimum Gasteiger partial charge on any atom is -0.307 e. The van der Waals surface area contributed by atoms with Gasteiger partial charge in [-0.05, 0) is 52.9 Å². The number of nitrogens with one attached hydrogen (secondary N) is 1. The van der Waals surface area contributed by atoms with E-state index in [1.54, 1.807) is 24.4 Å². The first-order valence-corrected chi connectivity index (χ1v) is 5.81. The smallest absolute Gasteiger partial charge is 0.256 e. The predicted octanol–water partition coefficient (Wildman–Crippen LogP) is 2.94. The SMILES string of the molecule is O=C(Nc1ccccn1)c1cccc(I)c1. The summed E-state index contributed by atoms with van der Waals surface area (Å²) >= 11 is 2.17. The summed E-state index contributed by atoms with van der Waals surface area (Å²) in [4.78, 5) is 15.8. The lowest BCUT2D eigenvalue weighted by Gasteiger charge is -2.03. The van der Waals surface area contributed by atoms with Crippen LogP contribution in [-0.4, -0.2) is 10.9 Å². The van der Waals surface area contributed by atoms with Gasteiger partial charge in [0.2, 0.25) is 0 Å². The second-order valence-electron chi connectivity index (χ2n) is 3.18. The molecule has 0 spiro atoms. The van der Waals surface area contributed by atoms with Crippen molar-refractivity contribution in [2.45, 2.75) is 0 Å². The van der Waals surface area contributed by atoms with E-state index in [9.17, 15) is 4.79 Å². The van der Waals surface area contributed by atoms with Gasteiger partial charge in [-0.2, -0.15) is 0 Å². The summed E-state index contributed by atoms with van der Waals surface area (Å²) in [5.74, 6) is 0.420. The number of carbonyl (C=O) groups excluding carboxylic acids is 1. The molecule has 1 N–H and O–H groups in total. The van der Waals surface area contributed by atoms with E-state index in [2.05, 4.69) is 32.9 Å². The summed E-state index contributed by atoms with van der Waals surface area (Å²) in [6, 6.07) is 12.8. The highest BCUT2D eigenvalue weighted by atomic mass is 127. The van der Waals surface area contributed by atoms with Gasteiger partial charge in [0, 0.05) is 15.3 Å². The largest absolute Gasteiger partial charge is 0.307 e. The van der Waals surface area contributed by atoms with Gasteiger partial charge in [0.25, 0.3) is 5.91 Å². The molecule has 0 radical (unpaired) electrons. The van der Waals surface area contributed by atoms with Crippen LogP contribution in [0.4, 0.5) is 5.82 Å². The highest BCUT2D eigenvalue weighted by molar-refractivity contribution is 14.1. The maximum atomic E-state index is 11.8. The van der Waals surface area contributed by atoms with Crippen LogP contribution in [0.25, 0.3) is 0 Å². The Morgan fingerprint density at radius 3 is 2.75 bits per heavy atom. The van der Waals surface area contributed by atoms with Gasteiger partial charge in [0.05, 0.1) is 0 Å². The number of hydrogen-bond acceptors (Lipinski definition) is 2. The molecule has 2 aromatic rings. The highest BCUT2D eigenvalue weighted by Gasteiger charge is 2.05. The van der Waals surface area contributed by atoms with Crippen LogP contribution in [0.15, 0.2) is 48.7 Å². The van der Waals surface area contributed by atoms with Gasteiger partial charge in [-0.1, -0.05) is 12.1 Å².